The lowest BCUT2D eigenvalue weighted by molar-refractivity contribution is 0.235. The van der Waals surface area contributed by atoms with Crippen LogP contribution in [0.5, 0.6) is 0 Å². The summed E-state index contributed by atoms with van der Waals surface area (Å²) >= 11 is 3.40. The van der Waals surface area contributed by atoms with Crippen molar-refractivity contribution in [1.82, 2.24) is 4.90 Å². The molecule has 0 spiro atoms. The summed E-state index contributed by atoms with van der Waals surface area (Å²) in [5.74, 6) is 0. The van der Waals surface area contributed by atoms with E-state index in [1.165, 1.54) is 12.8 Å². The molecule has 3 heteroatoms. The maximum absolute atomic E-state index is 9.29. The molecule has 0 saturated carbocycles. The summed E-state index contributed by atoms with van der Waals surface area (Å²) in [6, 6.07) is 0. The molecule has 1 atom stereocenters. The third kappa shape index (κ3) is 5.45. The molecule has 0 heterocycles. The number of aliphatic hydroxyl groups excluding tert-OH is 1. The van der Waals surface area contributed by atoms with Crippen LogP contribution in [-0.4, -0.2) is 29.7 Å². The van der Waals surface area contributed by atoms with E-state index >= 15 is 0 Å². The molecule has 0 rings (SSSR count). The van der Waals surface area contributed by atoms with E-state index in [-0.39, 0.29) is 0 Å². The number of halogens is 1. The minimum Gasteiger partial charge on any atom is -0.389 e. The van der Waals surface area contributed by atoms with Crippen LogP contribution in [0.1, 0.15) is 26.7 Å². The summed E-state index contributed by atoms with van der Waals surface area (Å²) in [4.78, 5) is 2.10. The zero-order valence-corrected chi connectivity index (χ0v) is 10.8. The van der Waals surface area contributed by atoms with Crippen LogP contribution in [0.3, 0.4) is 0 Å². The van der Waals surface area contributed by atoms with Crippen LogP contribution in [0.25, 0.3) is 0 Å². The average molecular weight is 262 g/mol. The molecule has 0 aromatic heterocycles. The van der Waals surface area contributed by atoms with Gasteiger partial charge < -0.3 is 10.0 Å². The molecule has 0 saturated heterocycles. The Labute approximate surface area is 95.4 Å². The molecule has 0 aromatic carbocycles. The van der Waals surface area contributed by atoms with Crippen molar-refractivity contribution in [3.8, 4) is 0 Å². The lowest BCUT2D eigenvalue weighted by atomic mass is 10.2. The number of hydrogen-bond acceptors (Lipinski definition) is 2. The minimum absolute atomic E-state index is 0.500. The van der Waals surface area contributed by atoms with E-state index in [2.05, 4.69) is 34.3 Å². The average Bonchev–Trinajstić information content (AvgIpc) is 2.13. The Morgan fingerprint density at radius 3 is 2.64 bits per heavy atom. The first kappa shape index (κ1) is 13.7. The number of rotatable bonds is 6. The van der Waals surface area contributed by atoms with E-state index < -0.39 is 6.10 Å². The molecule has 2 nitrogen and oxygen atoms in total. The molecule has 0 amide bonds. The van der Waals surface area contributed by atoms with Gasteiger partial charge in [0.1, 0.15) is 0 Å². The Balaban J connectivity index is 4.14. The number of unbranched alkanes of at least 4 members (excludes halogenated alkanes) is 1. The standard InChI is InChI=1S/C11H20BrNO/c1-5-6-7-13(4)8-11(12)9(2)10(3)14/h8,10,14H,2,5-7H2,1,3-4H3/b11-8+. The molecule has 1 N–H and O–H groups in total. The van der Waals surface area contributed by atoms with Gasteiger partial charge in [0, 0.05) is 24.3 Å². The highest BCUT2D eigenvalue weighted by Crippen LogP contribution is 2.19. The summed E-state index contributed by atoms with van der Waals surface area (Å²) in [5.41, 5.74) is 0.716. The van der Waals surface area contributed by atoms with E-state index in [4.69, 9.17) is 0 Å². The van der Waals surface area contributed by atoms with Gasteiger partial charge in [0.25, 0.3) is 0 Å². The molecule has 0 aliphatic rings. The zero-order valence-electron chi connectivity index (χ0n) is 9.26. The predicted molar refractivity (Wildman–Crippen MR) is 65.4 cm³/mol. The molecule has 82 valence electrons. The summed E-state index contributed by atoms with van der Waals surface area (Å²) in [5, 5.41) is 9.29. The van der Waals surface area contributed by atoms with Crippen LogP contribution < -0.4 is 0 Å². The fourth-order valence-electron chi connectivity index (χ4n) is 0.948. The van der Waals surface area contributed by atoms with Gasteiger partial charge in [0.15, 0.2) is 0 Å². The van der Waals surface area contributed by atoms with E-state index in [1.54, 1.807) is 6.92 Å². The van der Waals surface area contributed by atoms with Crippen molar-refractivity contribution in [2.75, 3.05) is 13.6 Å². The van der Waals surface area contributed by atoms with Gasteiger partial charge in [-0.05, 0) is 34.8 Å². The van der Waals surface area contributed by atoms with Gasteiger partial charge in [0.2, 0.25) is 0 Å². The predicted octanol–water partition coefficient (Wildman–Crippen LogP) is 2.89. The second-order valence-corrected chi connectivity index (χ2v) is 4.37. The third-order valence-electron chi connectivity index (χ3n) is 2.01. The van der Waals surface area contributed by atoms with Crippen LogP contribution in [0.2, 0.25) is 0 Å². The van der Waals surface area contributed by atoms with Gasteiger partial charge in [0.05, 0.1) is 6.10 Å². The smallest absolute Gasteiger partial charge is 0.0767 e. The van der Waals surface area contributed by atoms with Crippen LogP contribution in [0.15, 0.2) is 22.8 Å². The first-order chi connectivity index (χ1) is 6.49. The highest BCUT2D eigenvalue weighted by Gasteiger charge is 2.05. The normalized spacial score (nSPS) is 13.9. The number of hydrogen-bond donors (Lipinski definition) is 1. The Hall–Kier alpha value is -0.280. The van der Waals surface area contributed by atoms with Crippen molar-refractivity contribution in [3.05, 3.63) is 22.8 Å². The highest BCUT2D eigenvalue weighted by molar-refractivity contribution is 9.12. The molecule has 0 aliphatic carbocycles. The van der Waals surface area contributed by atoms with Gasteiger partial charge in [-0.3, -0.25) is 0 Å². The van der Waals surface area contributed by atoms with Gasteiger partial charge in [-0.2, -0.15) is 0 Å². The van der Waals surface area contributed by atoms with Crippen molar-refractivity contribution in [2.24, 2.45) is 0 Å². The number of nitrogens with zero attached hydrogens (tertiary/aromatic N) is 1. The third-order valence-corrected chi connectivity index (χ3v) is 2.72. The second-order valence-electron chi connectivity index (χ2n) is 3.51. The molecule has 14 heavy (non-hydrogen) atoms. The lowest BCUT2D eigenvalue weighted by Gasteiger charge is -2.16. The molecule has 0 aromatic rings. The molecule has 0 radical (unpaired) electrons. The van der Waals surface area contributed by atoms with Crippen LogP contribution in [0, 0.1) is 0 Å². The maximum Gasteiger partial charge on any atom is 0.0767 e. The van der Waals surface area contributed by atoms with Gasteiger partial charge >= 0.3 is 0 Å². The summed E-state index contributed by atoms with van der Waals surface area (Å²) < 4.78 is 0.867. The first-order valence-corrected chi connectivity index (χ1v) is 5.73. The Bertz CT molecular complexity index is 211. The fourth-order valence-corrected chi connectivity index (χ4v) is 1.63. The van der Waals surface area contributed by atoms with Crippen molar-refractivity contribution >= 4 is 15.9 Å². The Kier molecular flexibility index (Phi) is 6.93. The lowest BCUT2D eigenvalue weighted by Crippen LogP contribution is -2.13. The zero-order chi connectivity index (χ0) is 11.1. The van der Waals surface area contributed by atoms with E-state index in [0.717, 1.165) is 11.0 Å². The molecular weight excluding hydrogens is 242 g/mol. The monoisotopic (exact) mass is 261 g/mol. The summed E-state index contributed by atoms with van der Waals surface area (Å²) in [6.07, 6.45) is 3.83. The van der Waals surface area contributed by atoms with E-state index in [0.29, 0.717) is 5.57 Å². The minimum atomic E-state index is -0.500. The SMILES string of the molecule is C=C(/C(Br)=C\N(C)CCCC)C(C)O. The topological polar surface area (TPSA) is 23.5 Å². The molecule has 1 unspecified atom stereocenters. The quantitative estimate of drug-likeness (QED) is 0.744. The molecule has 0 fully saturated rings. The van der Waals surface area contributed by atoms with Crippen LogP contribution in [-0.2, 0) is 0 Å². The Morgan fingerprint density at radius 1 is 1.64 bits per heavy atom. The maximum atomic E-state index is 9.29. The Morgan fingerprint density at radius 2 is 2.21 bits per heavy atom. The first-order valence-electron chi connectivity index (χ1n) is 4.93. The highest BCUT2D eigenvalue weighted by atomic mass is 79.9. The molecule has 0 aliphatic heterocycles. The van der Waals surface area contributed by atoms with Crippen molar-refractivity contribution in [3.63, 3.8) is 0 Å². The van der Waals surface area contributed by atoms with Crippen molar-refractivity contribution < 1.29 is 5.11 Å². The van der Waals surface area contributed by atoms with Crippen LogP contribution >= 0.6 is 15.9 Å². The second kappa shape index (κ2) is 7.07. The number of aliphatic hydroxyl groups is 1. The largest absolute Gasteiger partial charge is 0.389 e. The molecular formula is C11H20BrNO. The fraction of sp³-hybridized carbons (Fsp3) is 0.636. The summed E-state index contributed by atoms with van der Waals surface area (Å²) in [7, 11) is 2.02. The van der Waals surface area contributed by atoms with Crippen molar-refractivity contribution in [1.29, 1.82) is 0 Å². The van der Waals surface area contributed by atoms with Crippen molar-refractivity contribution in [2.45, 2.75) is 32.8 Å². The van der Waals surface area contributed by atoms with E-state index in [1.807, 2.05) is 13.2 Å². The van der Waals surface area contributed by atoms with Gasteiger partial charge in [-0.25, -0.2) is 0 Å². The summed E-state index contributed by atoms with van der Waals surface area (Å²) in [6.45, 7) is 8.70. The van der Waals surface area contributed by atoms with E-state index in [9.17, 15) is 5.11 Å². The van der Waals surface area contributed by atoms with Gasteiger partial charge in [-0.15, -0.1) is 0 Å². The van der Waals surface area contributed by atoms with Gasteiger partial charge in [-0.1, -0.05) is 19.9 Å². The molecule has 0 bridgehead atoms. The van der Waals surface area contributed by atoms with Crippen LogP contribution in [0.4, 0.5) is 0 Å².